The number of halogens is 1. The molecule has 0 aliphatic heterocycles. The SMILES string of the molecule is COc1ccc(Cl)c([N+](=O)[O-])c1C(N)=O. The Morgan fingerprint density at radius 3 is 2.60 bits per heavy atom. The third-order valence-electron chi connectivity index (χ3n) is 1.74. The van der Waals surface area contributed by atoms with Gasteiger partial charge in [-0.15, -0.1) is 0 Å². The summed E-state index contributed by atoms with van der Waals surface area (Å²) in [5.41, 5.74) is 4.15. The van der Waals surface area contributed by atoms with E-state index in [0.717, 1.165) is 0 Å². The number of nitro groups is 1. The molecule has 0 radical (unpaired) electrons. The van der Waals surface area contributed by atoms with Crippen LogP contribution in [-0.4, -0.2) is 17.9 Å². The van der Waals surface area contributed by atoms with E-state index in [1.807, 2.05) is 0 Å². The van der Waals surface area contributed by atoms with Crippen LogP contribution in [0.25, 0.3) is 0 Å². The summed E-state index contributed by atoms with van der Waals surface area (Å²) < 4.78 is 4.79. The van der Waals surface area contributed by atoms with Gasteiger partial charge in [-0.1, -0.05) is 11.6 Å². The molecule has 1 amide bonds. The molecule has 2 N–H and O–H groups in total. The van der Waals surface area contributed by atoms with Gasteiger partial charge >= 0.3 is 5.69 Å². The monoisotopic (exact) mass is 230 g/mol. The Bertz CT molecular complexity index is 433. The summed E-state index contributed by atoms with van der Waals surface area (Å²) in [4.78, 5) is 20.9. The maximum atomic E-state index is 11.0. The minimum absolute atomic E-state index is 0.0265. The zero-order chi connectivity index (χ0) is 11.6. The molecule has 0 atom stereocenters. The number of ether oxygens (including phenoxy) is 1. The van der Waals surface area contributed by atoms with Crippen LogP contribution in [0.3, 0.4) is 0 Å². The van der Waals surface area contributed by atoms with Gasteiger partial charge in [-0.05, 0) is 12.1 Å². The smallest absolute Gasteiger partial charge is 0.304 e. The molecule has 0 unspecified atom stereocenters. The van der Waals surface area contributed by atoms with Gasteiger partial charge in [-0.3, -0.25) is 14.9 Å². The van der Waals surface area contributed by atoms with Crippen LogP contribution in [0, 0.1) is 10.1 Å². The van der Waals surface area contributed by atoms with Crippen LogP contribution in [0.15, 0.2) is 12.1 Å². The maximum Gasteiger partial charge on any atom is 0.304 e. The average Bonchev–Trinajstić information content (AvgIpc) is 2.16. The highest BCUT2D eigenvalue weighted by atomic mass is 35.5. The minimum Gasteiger partial charge on any atom is -0.496 e. The van der Waals surface area contributed by atoms with Gasteiger partial charge in [0.1, 0.15) is 10.8 Å². The molecule has 0 fully saturated rings. The molecule has 0 aromatic heterocycles. The number of amides is 1. The second-order valence-corrected chi connectivity index (χ2v) is 3.00. The highest BCUT2D eigenvalue weighted by Gasteiger charge is 2.26. The van der Waals surface area contributed by atoms with Crippen LogP contribution in [0.1, 0.15) is 10.4 Å². The number of primary amides is 1. The predicted molar refractivity (Wildman–Crippen MR) is 53.2 cm³/mol. The van der Waals surface area contributed by atoms with E-state index in [-0.39, 0.29) is 16.3 Å². The first-order chi connectivity index (χ1) is 6.99. The normalized spacial score (nSPS) is 9.73. The number of methoxy groups -OCH3 is 1. The predicted octanol–water partition coefficient (Wildman–Crippen LogP) is 1.36. The van der Waals surface area contributed by atoms with Crippen molar-refractivity contribution in [2.75, 3.05) is 7.11 Å². The summed E-state index contributed by atoms with van der Waals surface area (Å²) in [6, 6.07) is 2.61. The van der Waals surface area contributed by atoms with Crippen LogP contribution in [0.2, 0.25) is 5.02 Å². The van der Waals surface area contributed by atoms with Crippen molar-refractivity contribution in [3.63, 3.8) is 0 Å². The topological polar surface area (TPSA) is 95.5 Å². The van der Waals surface area contributed by atoms with E-state index in [4.69, 9.17) is 22.1 Å². The average molecular weight is 231 g/mol. The van der Waals surface area contributed by atoms with Crippen LogP contribution < -0.4 is 10.5 Å². The van der Waals surface area contributed by atoms with E-state index in [9.17, 15) is 14.9 Å². The van der Waals surface area contributed by atoms with Crippen molar-refractivity contribution >= 4 is 23.2 Å². The summed E-state index contributed by atoms with van der Waals surface area (Å²) >= 11 is 5.59. The van der Waals surface area contributed by atoms with E-state index in [1.54, 1.807) is 0 Å². The lowest BCUT2D eigenvalue weighted by atomic mass is 10.1. The molecule has 0 bridgehead atoms. The zero-order valence-electron chi connectivity index (χ0n) is 7.69. The van der Waals surface area contributed by atoms with Gasteiger partial charge < -0.3 is 10.5 Å². The standard InChI is InChI=1S/C8H7ClN2O4/c1-15-5-3-2-4(9)7(11(13)14)6(5)8(10)12/h2-3H,1H3,(H2,10,12). The number of carbonyl (C=O) groups is 1. The molecule has 1 rings (SSSR count). The van der Waals surface area contributed by atoms with E-state index in [2.05, 4.69) is 0 Å². The number of nitrogens with zero attached hydrogens (tertiary/aromatic N) is 1. The molecule has 0 spiro atoms. The highest BCUT2D eigenvalue weighted by molar-refractivity contribution is 6.33. The maximum absolute atomic E-state index is 11.0. The van der Waals surface area contributed by atoms with E-state index >= 15 is 0 Å². The van der Waals surface area contributed by atoms with Crippen molar-refractivity contribution in [1.29, 1.82) is 0 Å². The molecule has 0 aliphatic carbocycles. The molecule has 1 aromatic carbocycles. The molecule has 0 saturated heterocycles. The zero-order valence-corrected chi connectivity index (χ0v) is 8.45. The van der Waals surface area contributed by atoms with Crippen molar-refractivity contribution in [1.82, 2.24) is 0 Å². The Hall–Kier alpha value is -1.82. The number of benzene rings is 1. The first kappa shape index (κ1) is 11.3. The Morgan fingerprint density at radius 2 is 2.20 bits per heavy atom. The van der Waals surface area contributed by atoms with E-state index < -0.39 is 16.5 Å². The number of nitrogens with two attached hydrogens (primary N) is 1. The number of carbonyl (C=O) groups excluding carboxylic acids is 1. The van der Waals surface area contributed by atoms with Gasteiger partial charge in [0.05, 0.1) is 12.0 Å². The fourth-order valence-corrected chi connectivity index (χ4v) is 1.36. The van der Waals surface area contributed by atoms with E-state index in [1.165, 1.54) is 19.2 Å². The van der Waals surface area contributed by atoms with Crippen molar-refractivity contribution in [2.24, 2.45) is 5.73 Å². The summed E-state index contributed by atoms with van der Waals surface area (Å²) in [6.45, 7) is 0. The molecule has 0 heterocycles. The quantitative estimate of drug-likeness (QED) is 0.626. The van der Waals surface area contributed by atoms with Gasteiger partial charge in [-0.2, -0.15) is 0 Å². The number of rotatable bonds is 3. The molecular formula is C8H7ClN2O4. The second-order valence-electron chi connectivity index (χ2n) is 2.59. The number of hydrogen-bond donors (Lipinski definition) is 1. The molecule has 7 heteroatoms. The van der Waals surface area contributed by atoms with Gasteiger partial charge in [0.2, 0.25) is 0 Å². The third-order valence-corrected chi connectivity index (χ3v) is 2.04. The largest absolute Gasteiger partial charge is 0.496 e. The molecule has 0 saturated carbocycles. The molecule has 1 aromatic rings. The molecule has 80 valence electrons. The van der Waals surface area contributed by atoms with Crippen LogP contribution >= 0.6 is 11.6 Å². The van der Waals surface area contributed by atoms with E-state index in [0.29, 0.717) is 0 Å². The van der Waals surface area contributed by atoms with Crippen molar-refractivity contribution in [3.8, 4) is 5.75 Å². The Kier molecular flexibility index (Phi) is 3.11. The van der Waals surface area contributed by atoms with Gasteiger partial charge in [-0.25, -0.2) is 0 Å². The van der Waals surface area contributed by atoms with Crippen molar-refractivity contribution in [3.05, 3.63) is 32.8 Å². The van der Waals surface area contributed by atoms with Gasteiger partial charge in [0.15, 0.2) is 5.56 Å². The van der Waals surface area contributed by atoms with Gasteiger partial charge in [0, 0.05) is 0 Å². The first-order valence-corrected chi connectivity index (χ1v) is 4.17. The summed E-state index contributed by atoms with van der Waals surface area (Å²) in [5, 5.41) is 10.5. The number of hydrogen-bond acceptors (Lipinski definition) is 4. The lowest BCUT2D eigenvalue weighted by Crippen LogP contribution is -2.15. The molecule has 0 aliphatic rings. The third kappa shape index (κ3) is 1.99. The first-order valence-electron chi connectivity index (χ1n) is 3.79. The lowest BCUT2D eigenvalue weighted by Gasteiger charge is -2.06. The fraction of sp³-hybridized carbons (Fsp3) is 0.125. The number of nitro benzene ring substituents is 1. The van der Waals surface area contributed by atoms with Crippen molar-refractivity contribution < 1.29 is 14.5 Å². The fourth-order valence-electron chi connectivity index (χ4n) is 1.13. The van der Waals surface area contributed by atoms with Crippen LogP contribution in [0.5, 0.6) is 5.75 Å². The van der Waals surface area contributed by atoms with Gasteiger partial charge in [0.25, 0.3) is 5.91 Å². The lowest BCUT2D eigenvalue weighted by molar-refractivity contribution is -0.385. The molecular weight excluding hydrogens is 224 g/mol. The highest BCUT2D eigenvalue weighted by Crippen LogP contribution is 2.34. The Morgan fingerprint density at radius 1 is 1.60 bits per heavy atom. The van der Waals surface area contributed by atoms with Crippen molar-refractivity contribution in [2.45, 2.75) is 0 Å². The Labute approximate surface area is 89.7 Å². The van der Waals surface area contributed by atoms with Crippen LogP contribution in [-0.2, 0) is 0 Å². The summed E-state index contributed by atoms with van der Waals surface area (Å²) in [6.07, 6.45) is 0. The second kappa shape index (κ2) is 4.14. The molecule has 15 heavy (non-hydrogen) atoms. The summed E-state index contributed by atoms with van der Waals surface area (Å²) in [5.74, 6) is -0.931. The minimum atomic E-state index is -0.957. The Balaban J connectivity index is 3.58. The van der Waals surface area contributed by atoms with Crippen LogP contribution in [0.4, 0.5) is 5.69 Å². The summed E-state index contributed by atoms with van der Waals surface area (Å²) in [7, 11) is 1.28. The molecule has 6 nitrogen and oxygen atoms in total.